The van der Waals surface area contributed by atoms with E-state index in [4.69, 9.17) is 4.74 Å². The number of nitrogens with one attached hydrogen (secondary N) is 3. The molecule has 1 fully saturated rings. The van der Waals surface area contributed by atoms with Gasteiger partial charge in [-0.2, -0.15) is 0 Å². The standard InChI is InChI=1S/C16H14N4O5/c21-12-6-11(15(23)19-20-8-14(22)18-16(20)24)17-7-13(12)25-9-10-4-2-1-3-5-10/h1-7H,8-9H2,(H,17,21)(H,19,23)(H,18,22,24). The molecule has 1 aliphatic rings. The molecule has 2 heterocycles. The van der Waals surface area contributed by atoms with Gasteiger partial charge in [0.05, 0.1) is 0 Å². The van der Waals surface area contributed by atoms with Crippen LogP contribution in [-0.2, 0) is 11.4 Å². The van der Waals surface area contributed by atoms with Crippen molar-refractivity contribution in [1.82, 2.24) is 20.7 Å². The first-order valence-corrected chi connectivity index (χ1v) is 7.35. The Labute approximate surface area is 141 Å². The molecule has 2 aromatic rings. The lowest BCUT2D eigenvalue weighted by atomic mass is 10.2. The van der Waals surface area contributed by atoms with Gasteiger partial charge in [-0.3, -0.25) is 25.1 Å². The van der Waals surface area contributed by atoms with Gasteiger partial charge in [0.2, 0.25) is 11.3 Å². The Balaban J connectivity index is 1.65. The number of hydrazine groups is 1. The van der Waals surface area contributed by atoms with Crippen LogP contribution in [0.15, 0.2) is 47.4 Å². The second kappa shape index (κ2) is 6.87. The highest BCUT2D eigenvalue weighted by atomic mass is 16.5. The van der Waals surface area contributed by atoms with Crippen molar-refractivity contribution in [1.29, 1.82) is 0 Å². The van der Waals surface area contributed by atoms with Gasteiger partial charge in [-0.25, -0.2) is 9.80 Å². The summed E-state index contributed by atoms with van der Waals surface area (Å²) in [6.45, 7) is -0.0708. The highest BCUT2D eigenvalue weighted by molar-refractivity contribution is 6.03. The van der Waals surface area contributed by atoms with Gasteiger partial charge < -0.3 is 9.72 Å². The molecule has 0 radical (unpaired) electrons. The van der Waals surface area contributed by atoms with Gasteiger partial charge in [0, 0.05) is 12.3 Å². The molecule has 4 amide bonds. The van der Waals surface area contributed by atoms with E-state index in [1.165, 1.54) is 6.20 Å². The van der Waals surface area contributed by atoms with Crippen molar-refractivity contribution >= 4 is 17.8 Å². The summed E-state index contributed by atoms with van der Waals surface area (Å²) >= 11 is 0. The Morgan fingerprint density at radius 3 is 2.60 bits per heavy atom. The number of carbonyl (C=O) groups excluding carboxylic acids is 3. The van der Waals surface area contributed by atoms with Gasteiger partial charge in [0.15, 0.2) is 5.75 Å². The van der Waals surface area contributed by atoms with E-state index in [1.807, 2.05) is 35.6 Å². The lowest BCUT2D eigenvalue weighted by Gasteiger charge is -2.14. The lowest BCUT2D eigenvalue weighted by molar-refractivity contribution is -0.118. The van der Waals surface area contributed by atoms with E-state index < -0.39 is 23.3 Å². The predicted molar refractivity (Wildman–Crippen MR) is 85.5 cm³/mol. The average molecular weight is 342 g/mol. The molecular formula is C16H14N4O5. The minimum Gasteiger partial charge on any atom is -0.483 e. The summed E-state index contributed by atoms with van der Waals surface area (Å²) in [6.07, 6.45) is 1.27. The molecule has 9 heteroatoms. The third-order valence-electron chi connectivity index (χ3n) is 3.39. The highest BCUT2D eigenvalue weighted by Crippen LogP contribution is 2.07. The Morgan fingerprint density at radius 2 is 1.96 bits per heavy atom. The number of aromatic nitrogens is 1. The molecule has 0 bridgehead atoms. The van der Waals surface area contributed by atoms with Crippen molar-refractivity contribution in [2.75, 3.05) is 6.54 Å². The van der Waals surface area contributed by atoms with Crippen molar-refractivity contribution in [2.24, 2.45) is 0 Å². The maximum atomic E-state index is 12.0. The van der Waals surface area contributed by atoms with Crippen LogP contribution in [0, 0.1) is 0 Å². The Morgan fingerprint density at radius 1 is 1.20 bits per heavy atom. The van der Waals surface area contributed by atoms with Crippen LogP contribution in [0.2, 0.25) is 0 Å². The van der Waals surface area contributed by atoms with Crippen molar-refractivity contribution in [3.05, 3.63) is 64.1 Å². The first-order chi connectivity index (χ1) is 12.0. The normalized spacial score (nSPS) is 13.5. The van der Waals surface area contributed by atoms with E-state index in [9.17, 15) is 19.2 Å². The fraction of sp³-hybridized carbons (Fsp3) is 0.125. The quantitative estimate of drug-likeness (QED) is 0.668. The first kappa shape index (κ1) is 16.2. The molecule has 1 aromatic carbocycles. The number of hydrogen-bond donors (Lipinski definition) is 3. The summed E-state index contributed by atoms with van der Waals surface area (Å²) in [5.74, 6) is -1.19. The van der Waals surface area contributed by atoms with E-state index >= 15 is 0 Å². The monoisotopic (exact) mass is 342 g/mol. The number of aromatic amines is 1. The van der Waals surface area contributed by atoms with E-state index in [0.29, 0.717) is 0 Å². The van der Waals surface area contributed by atoms with Crippen LogP contribution in [0.3, 0.4) is 0 Å². The lowest BCUT2D eigenvalue weighted by Crippen LogP contribution is -2.44. The highest BCUT2D eigenvalue weighted by Gasteiger charge is 2.28. The summed E-state index contributed by atoms with van der Waals surface area (Å²) < 4.78 is 5.43. The average Bonchev–Trinajstić information content (AvgIpc) is 2.91. The molecule has 1 aliphatic heterocycles. The number of H-pyrrole nitrogens is 1. The van der Waals surface area contributed by atoms with Gasteiger partial charge in [-0.15, -0.1) is 0 Å². The minimum absolute atomic E-state index is 0.0643. The van der Waals surface area contributed by atoms with Crippen LogP contribution in [0.4, 0.5) is 4.79 Å². The van der Waals surface area contributed by atoms with E-state index in [-0.39, 0.29) is 24.6 Å². The number of nitrogens with zero attached hydrogens (tertiary/aromatic N) is 1. The molecular weight excluding hydrogens is 328 g/mol. The van der Waals surface area contributed by atoms with Crippen LogP contribution < -0.4 is 20.9 Å². The number of amides is 4. The van der Waals surface area contributed by atoms with E-state index in [1.54, 1.807) is 0 Å². The molecule has 9 nitrogen and oxygen atoms in total. The summed E-state index contributed by atoms with van der Waals surface area (Å²) in [6, 6.07) is 9.63. The Hall–Kier alpha value is -3.62. The fourth-order valence-corrected chi connectivity index (χ4v) is 2.15. The third kappa shape index (κ3) is 3.83. The van der Waals surface area contributed by atoms with Crippen LogP contribution >= 0.6 is 0 Å². The summed E-state index contributed by atoms with van der Waals surface area (Å²) in [4.78, 5) is 49.2. The molecule has 0 aliphatic carbocycles. The van der Waals surface area contributed by atoms with Gasteiger partial charge >= 0.3 is 6.03 Å². The summed E-state index contributed by atoms with van der Waals surface area (Å²) in [5, 5.41) is 2.84. The second-order valence-electron chi connectivity index (χ2n) is 5.23. The molecule has 25 heavy (non-hydrogen) atoms. The Bertz CT molecular complexity index is 878. The predicted octanol–water partition coefficient (Wildman–Crippen LogP) is 0.150. The smallest absolute Gasteiger partial charge is 0.343 e. The minimum atomic E-state index is -0.733. The fourth-order valence-electron chi connectivity index (χ4n) is 2.15. The molecule has 3 N–H and O–H groups in total. The zero-order valence-electron chi connectivity index (χ0n) is 12.9. The molecule has 0 spiro atoms. The third-order valence-corrected chi connectivity index (χ3v) is 3.39. The van der Waals surface area contributed by atoms with Crippen LogP contribution in [0.25, 0.3) is 0 Å². The Kier molecular flexibility index (Phi) is 4.46. The van der Waals surface area contributed by atoms with Crippen LogP contribution in [0.5, 0.6) is 5.75 Å². The maximum Gasteiger partial charge on any atom is 0.343 e. The number of hydrogen-bond acceptors (Lipinski definition) is 5. The molecule has 3 rings (SSSR count). The van der Waals surface area contributed by atoms with Gasteiger partial charge in [0.25, 0.3) is 5.91 Å². The largest absolute Gasteiger partial charge is 0.483 e. The molecule has 0 atom stereocenters. The number of rotatable bonds is 5. The zero-order chi connectivity index (χ0) is 17.8. The maximum absolute atomic E-state index is 12.0. The van der Waals surface area contributed by atoms with Crippen molar-refractivity contribution in [3.63, 3.8) is 0 Å². The topological polar surface area (TPSA) is 121 Å². The summed E-state index contributed by atoms with van der Waals surface area (Å²) in [5.41, 5.74) is 2.58. The molecule has 128 valence electrons. The van der Waals surface area contributed by atoms with E-state index in [2.05, 4.69) is 10.4 Å². The zero-order valence-corrected chi connectivity index (χ0v) is 12.9. The number of carbonyl (C=O) groups is 3. The van der Waals surface area contributed by atoms with Gasteiger partial charge in [-0.1, -0.05) is 30.3 Å². The van der Waals surface area contributed by atoms with E-state index in [0.717, 1.165) is 16.6 Å². The first-order valence-electron chi connectivity index (χ1n) is 7.35. The van der Waals surface area contributed by atoms with Crippen molar-refractivity contribution in [2.45, 2.75) is 6.61 Å². The van der Waals surface area contributed by atoms with Crippen LogP contribution in [-0.4, -0.2) is 34.4 Å². The number of benzene rings is 1. The number of urea groups is 1. The second-order valence-corrected chi connectivity index (χ2v) is 5.23. The molecule has 0 unspecified atom stereocenters. The van der Waals surface area contributed by atoms with Gasteiger partial charge in [0.1, 0.15) is 18.8 Å². The number of ether oxygens (including phenoxy) is 1. The summed E-state index contributed by atoms with van der Waals surface area (Å²) in [7, 11) is 0. The SMILES string of the molecule is O=C1CN(NC(=O)c2cc(=O)c(OCc3ccccc3)c[nH]2)C(=O)N1. The van der Waals surface area contributed by atoms with Crippen molar-refractivity contribution < 1.29 is 19.1 Å². The van der Waals surface area contributed by atoms with Crippen molar-refractivity contribution in [3.8, 4) is 5.75 Å². The number of imide groups is 1. The molecule has 1 aromatic heterocycles. The number of pyridine rings is 1. The van der Waals surface area contributed by atoms with Gasteiger partial charge in [-0.05, 0) is 5.56 Å². The molecule has 1 saturated heterocycles. The molecule has 0 saturated carbocycles. The van der Waals surface area contributed by atoms with Crippen LogP contribution in [0.1, 0.15) is 16.1 Å².